The summed E-state index contributed by atoms with van der Waals surface area (Å²) < 4.78 is 21.9. The molecule has 3 atom stereocenters. The zero-order chi connectivity index (χ0) is 31.6. The van der Waals surface area contributed by atoms with Gasteiger partial charge in [0.25, 0.3) is 7.37 Å². The minimum atomic E-state index is -3.60. The molecule has 1 aliphatic rings. The molecule has 0 aliphatic carbocycles. The SMILES string of the molecule is CC(C)C(N(CCO)OC(C)(C)C(CC(C)(C)C(C)(C)C#N)c1ccccc1)P1(=O)Oc2ccccc2-c2ccccc21. The molecular formula is C36H47N2O4P. The molecule has 1 heterocycles. The van der Waals surface area contributed by atoms with Crippen LogP contribution in [0.25, 0.3) is 11.1 Å². The van der Waals surface area contributed by atoms with Crippen LogP contribution in [0, 0.1) is 28.1 Å². The van der Waals surface area contributed by atoms with Crippen molar-refractivity contribution < 1.29 is 19.0 Å². The summed E-state index contributed by atoms with van der Waals surface area (Å²) in [6.07, 6.45) is 0.675. The monoisotopic (exact) mass is 602 g/mol. The van der Waals surface area contributed by atoms with Gasteiger partial charge in [-0.25, -0.2) is 0 Å². The first-order valence-electron chi connectivity index (χ1n) is 15.2. The van der Waals surface area contributed by atoms with E-state index in [1.165, 1.54) is 0 Å². The van der Waals surface area contributed by atoms with Crippen molar-refractivity contribution in [3.8, 4) is 22.9 Å². The molecule has 3 aromatic rings. The predicted molar refractivity (Wildman–Crippen MR) is 174 cm³/mol. The average Bonchev–Trinajstić information content (AvgIpc) is 2.96. The van der Waals surface area contributed by atoms with Gasteiger partial charge in [0.2, 0.25) is 0 Å². The summed E-state index contributed by atoms with van der Waals surface area (Å²) in [6.45, 7) is 16.3. The smallest absolute Gasteiger partial charge is 0.297 e. The van der Waals surface area contributed by atoms with Crippen LogP contribution in [-0.4, -0.2) is 34.7 Å². The molecule has 4 rings (SSSR count). The van der Waals surface area contributed by atoms with Crippen LogP contribution in [0.5, 0.6) is 5.75 Å². The van der Waals surface area contributed by atoms with E-state index in [0.717, 1.165) is 16.7 Å². The molecule has 43 heavy (non-hydrogen) atoms. The van der Waals surface area contributed by atoms with E-state index in [-0.39, 0.29) is 30.4 Å². The lowest BCUT2D eigenvalue weighted by Gasteiger charge is -2.47. The van der Waals surface area contributed by atoms with Gasteiger partial charge in [0.15, 0.2) is 0 Å². The highest BCUT2D eigenvalue weighted by Gasteiger charge is 2.50. The Morgan fingerprint density at radius 2 is 1.49 bits per heavy atom. The maximum atomic E-state index is 15.3. The van der Waals surface area contributed by atoms with Crippen molar-refractivity contribution in [2.75, 3.05) is 13.2 Å². The van der Waals surface area contributed by atoms with E-state index in [1.807, 2.05) is 108 Å². The minimum absolute atomic E-state index is 0.119. The van der Waals surface area contributed by atoms with Gasteiger partial charge in [0, 0.05) is 18.0 Å². The lowest BCUT2D eigenvalue weighted by atomic mass is 9.62. The minimum Gasteiger partial charge on any atom is -0.438 e. The standard InChI is InChI=1S/C36H47N2O4P/c1-26(2)33(43(40)32-21-15-13-19-29(32)28-18-12-14-20-31(28)41-43)38(22-23-39)42-36(7,8)30(27-16-10-9-11-17-27)24-34(3,4)35(5,6)25-37/h9-21,26,30,33,39H,22-24H2,1-8H3. The third-order valence-corrected chi connectivity index (χ3v) is 12.4. The summed E-state index contributed by atoms with van der Waals surface area (Å²) in [5, 5.41) is 22.7. The number of para-hydroxylation sites is 1. The van der Waals surface area contributed by atoms with Gasteiger partial charge in [-0.05, 0) is 68.7 Å². The molecule has 0 saturated carbocycles. The first-order chi connectivity index (χ1) is 20.2. The molecule has 7 heteroatoms. The van der Waals surface area contributed by atoms with Gasteiger partial charge in [-0.2, -0.15) is 10.3 Å². The quantitative estimate of drug-likeness (QED) is 0.166. The fraction of sp³-hybridized carbons (Fsp3) is 0.472. The molecule has 1 aliphatic heterocycles. The van der Waals surface area contributed by atoms with Gasteiger partial charge >= 0.3 is 0 Å². The lowest BCUT2D eigenvalue weighted by molar-refractivity contribution is -0.260. The van der Waals surface area contributed by atoms with Crippen molar-refractivity contribution in [2.24, 2.45) is 16.7 Å². The summed E-state index contributed by atoms with van der Waals surface area (Å²) in [7, 11) is -3.60. The third kappa shape index (κ3) is 6.47. The largest absolute Gasteiger partial charge is 0.438 e. The van der Waals surface area contributed by atoms with Crippen LogP contribution in [0.15, 0.2) is 78.9 Å². The Morgan fingerprint density at radius 3 is 2.09 bits per heavy atom. The Bertz CT molecular complexity index is 1490. The number of aliphatic hydroxyl groups excluding tert-OH is 1. The summed E-state index contributed by atoms with van der Waals surface area (Å²) in [5.74, 6) is -0.350. The Morgan fingerprint density at radius 1 is 0.907 bits per heavy atom. The first-order valence-corrected chi connectivity index (χ1v) is 16.9. The Labute approximate surface area is 258 Å². The topological polar surface area (TPSA) is 82.8 Å². The van der Waals surface area contributed by atoms with Crippen molar-refractivity contribution >= 4 is 12.7 Å². The number of hydroxylamine groups is 2. The number of fused-ring (bicyclic) bond motifs is 3. The first kappa shape index (κ1) is 33.0. The summed E-state index contributed by atoms with van der Waals surface area (Å²) in [5.41, 5.74) is 1.15. The van der Waals surface area contributed by atoms with Crippen LogP contribution in [0.4, 0.5) is 0 Å². The highest BCUT2D eigenvalue weighted by Crippen LogP contribution is 2.60. The molecule has 0 saturated heterocycles. The van der Waals surface area contributed by atoms with E-state index in [1.54, 1.807) is 5.06 Å². The van der Waals surface area contributed by atoms with E-state index >= 15 is 4.57 Å². The summed E-state index contributed by atoms with van der Waals surface area (Å²) >= 11 is 0. The number of rotatable bonds is 12. The van der Waals surface area contributed by atoms with E-state index in [0.29, 0.717) is 17.5 Å². The highest BCUT2D eigenvalue weighted by atomic mass is 31.2. The van der Waals surface area contributed by atoms with Crippen LogP contribution < -0.4 is 9.83 Å². The predicted octanol–water partition coefficient (Wildman–Crippen LogP) is 8.39. The fourth-order valence-corrected chi connectivity index (χ4v) is 9.15. The van der Waals surface area contributed by atoms with Gasteiger partial charge in [0.05, 0.1) is 29.0 Å². The number of hydrogen-bond donors (Lipinski definition) is 1. The molecule has 1 N–H and O–H groups in total. The second-order valence-electron chi connectivity index (χ2n) is 13.7. The van der Waals surface area contributed by atoms with Crippen LogP contribution in [0.3, 0.4) is 0 Å². The molecule has 0 aromatic heterocycles. The molecule has 6 nitrogen and oxygen atoms in total. The number of hydrogen-bond acceptors (Lipinski definition) is 6. The highest BCUT2D eigenvalue weighted by molar-refractivity contribution is 7.68. The van der Waals surface area contributed by atoms with Gasteiger partial charge in [-0.15, -0.1) is 0 Å². The Balaban J connectivity index is 1.80. The molecule has 230 valence electrons. The molecule has 0 amide bonds. The van der Waals surface area contributed by atoms with Crippen LogP contribution in [0.1, 0.15) is 73.3 Å². The maximum absolute atomic E-state index is 15.3. The molecule has 0 radical (unpaired) electrons. The number of benzene rings is 3. The van der Waals surface area contributed by atoms with Gasteiger partial charge in [-0.3, -0.25) is 9.40 Å². The number of nitrogens with zero attached hydrogens (tertiary/aromatic N) is 2. The van der Waals surface area contributed by atoms with Crippen molar-refractivity contribution in [3.63, 3.8) is 0 Å². The van der Waals surface area contributed by atoms with Gasteiger partial charge in [-0.1, -0.05) is 94.4 Å². The molecule has 0 spiro atoms. The van der Waals surface area contributed by atoms with Crippen LogP contribution in [0.2, 0.25) is 0 Å². The second kappa shape index (κ2) is 12.6. The van der Waals surface area contributed by atoms with Crippen molar-refractivity contribution in [3.05, 3.63) is 84.4 Å². The maximum Gasteiger partial charge on any atom is 0.297 e. The van der Waals surface area contributed by atoms with Gasteiger partial charge in [0.1, 0.15) is 11.5 Å². The van der Waals surface area contributed by atoms with Crippen molar-refractivity contribution in [2.45, 2.75) is 79.1 Å². The normalized spacial score (nSPS) is 18.4. The Hall–Kier alpha value is -2.94. The molecule has 3 unspecified atom stereocenters. The number of nitriles is 1. The van der Waals surface area contributed by atoms with E-state index in [9.17, 15) is 10.4 Å². The van der Waals surface area contributed by atoms with Crippen molar-refractivity contribution in [1.29, 1.82) is 5.26 Å². The van der Waals surface area contributed by atoms with Gasteiger partial charge < -0.3 is 9.63 Å². The molecule has 3 aromatic carbocycles. The van der Waals surface area contributed by atoms with Crippen molar-refractivity contribution in [1.82, 2.24) is 5.06 Å². The van der Waals surface area contributed by atoms with E-state index in [2.05, 4.69) is 32.0 Å². The molecular weight excluding hydrogens is 555 g/mol. The van der Waals surface area contributed by atoms with Crippen LogP contribution >= 0.6 is 7.37 Å². The average molecular weight is 603 g/mol. The van der Waals surface area contributed by atoms with E-state index in [4.69, 9.17) is 9.36 Å². The summed E-state index contributed by atoms with van der Waals surface area (Å²) in [4.78, 5) is 6.97. The molecule has 0 fully saturated rings. The third-order valence-electron chi connectivity index (χ3n) is 9.29. The second-order valence-corrected chi connectivity index (χ2v) is 16.1. The lowest BCUT2D eigenvalue weighted by Crippen LogP contribution is -2.50. The number of aliphatic hydroxyl groups is 1. The zero-order valence-corrected chi connectivity index (χ0v) is 27.8. The fourth-order valence-electron chi connectivity index (χ4n) is 6.09. The van der Waals surface area contributed by atoms with Crippen LogP contribution in [-0.2, 0) is 9.40 Å². The summed E-state index contributed by atoms with van der Waals surface area (Å²) in [6, 6.07) is 28.2. The Kier molecular flexibility index (Phi) is 9.64. The van der Waals surface area contributed by atoms with E-state index < -0.39 is 24.2 Å². The zero-order valence-electron chi connectivity index (χ0n) is 26.9. The molecule has 0 bridgehead atoms.